The third-order valence-electron chi connectivity index (χ3n) is 4.09. The molecule has 0 amide bonds. The number of para-hydroxylation sites is 1. The average molecular weight is 313 g/mol. The van der Waals surface area contributed by atoms with Gasteiger partial charge in [-0.25, -0.2) is 0 Å². The van der Waals surface area contributed by atoms with E-state index in [1.807, 2.05) is 36.5 Å². The lowest BCUT2D eigenvalue weighted by molar-refractivity contribution is -0.0149. The van der Waals surface area contributed by atoms with Crippen molar-refractivity contribution < 1.29 is 9.47 Å². The molecule has 0 N–H and O–H groups in total. The highest BCUT2D eigenvalue weighted by Gasteiger charge is 2.22. The SMILES string of the molecule is c1ccc(OCCN2CCOC[C@H]2CCc2cnccn2)cc1. The van der Waals surface area contributed by atoms with E-state index in [0.717, 1.165) is 50.6 Å². The molecule has 5 heteroatoms. The molecule has 0 saturated carbocycles. The number of hydrogen-bond donors (Lipinski definition) is 0. The van der Waals surface area contributed by atoms with Crippen LogP contribution < -0.4 is 4.74 Å². The number of morpholine rings is 1. The molecular weight excluding hydrogens is 290 g/mol. The first kappa shape index (κ1) is 15.9. The molecule has 23 heavy (non-hydrogen) atoms. The zero-order valence-corrected chi connectivity index (χ0v) is 13.3. The van der Waals surface area contributed by atoms with Crippen LogP contribution in [0.3, 0.4) is 0 Å². The highest BCUT2D eigenvalue weighted by molar-refractivity contribution is 5.20. The average Bonchev–Trinajstić information content (AvgIpc) is 2.63. The number of aromatic nitrogens is 2. The fourth-order valence-electron chi connectivity index (χ4n) is 2.82. The van der Waals surface area contributed by atoms with E-state index in [2.05, 4.69) is 14.9 Å². The van der Waals surface area contributed by atoms with Gasteiger partial charge in [0, 0.05) is 37.7 Å². The molecule has 2 heterocycles. The second-order valence-corrected chi connectivity index (χ2v) is 5.66. The van der Waals surface area contributed by atoms with E-state index in [9.17, 15) is 0 Å². The molecule has 2 aromatic rings. The molecule has 1 saturated heterocycles. The standard InChI is InChI=1S/C18H23N3O2/c1-2-4-18(5-3-1)23-13-11-21-10-12-22-15-17(21)7-6-16-14-19-8-9-20-16/h1-5,8-9,14,17H,6-7,10-13,15H2/t17-/m1/s1. The number of hydrogen-bond acceptors (Lipinski definition) is 5. The maximum atomic E-state index is 5.82. The summed E-state index contributed by atoms with van der Waals surface area (Å²) in [7, 11) is 0. The van der Waals surface area contributed by atoms with Gasteiger partial charge in [0.05, 0.1) is 18.9 Å². The summed E-state index contributed by atoms with van der Waals surface area (Å²) in [4.78, 5) is 10.9. The van der Waals surface area contributed by atoms with Crippen LogP contribution in [0.4, 0.5) is 0 Å². The van der Waals surface area contributed by atoms with Gasteiger partial charge in [0.25, 0.3) is 0 Å². The lowest BCUT2D eigenvalue weighted by Crippen LogP contribution is -2.47. The molecule has 0 unspecified atom stereocenters. The zero-order chi connectivity index (χ0) is 15.7. The van der Waals surface area contributed by atoms with E-state index in [4.69, 9.17) is 9.47 Å². The minimum atomic E-state index is 0.421. The van der Waals surface area contributed by atoms with Crippen molar-refractivity contribution in [2.24, 2.45) is 0 Å². The van der Waals surface area contributed by atoms with E-state index < -0.39 is 0 Å². The first-order valence-corrected chi connectivity index (χ1v) is 8.16. The van der Waals surface area contributed by atoms with E-state index in [1.165, 1.54) is 0 Å². The quantitative estimate of drug-likeness (QED) is 0.784. The van der Waals surface area contributed by atoms with Crippen molar-refractivity contribution in [2.75, 3.05) is 32.9 Å². The number of benzene rings is 1. The summed E-state index contributed by atoms with van der Waals surface area (Å²) in [6.07, 6.45) is 7.26. The molecule has 1 aliphatic rings. The van der Waals surface area contributed by atoms with Gasteiger partial charge >= 0.3 is 0 Å². The predicted molar refractivity (Wildman–Crippen MR) is 88.5 cm³/mol. The number of nitrogens with zero attached hydrogens (tertiary/aromatic N) is 3. The second-order valence-electron chi connectivity index (χ2n) is 5.66. The maximum Gasteiger partial charge on any atom is 0.119 e. The Morgan fingerprint density at radius 3 is 2.96 bits per heavy atom. The van der Waals surface area contributed by atoms with Gasteiger partial charge in [0.2, 0.25) is 0 Å². The predicted octanol–water partition coefficient (Wildman–Crippen LogP) is 2.19. The normalized spacial score (nSPS) is 18.7. The molecule has 5 nitrogen and oxygen atoms in total. The molecule has 0 spiro atoms. The van der Waals surface area contributed by atoms with Crippen molar-refractivity contribution in [1.29, 1.82) is 0 Å². The van der Waals surface area contributed by atoms with Crippen LogP contribution in [0, 0.1) is 0 Å². The molecule has 3 rings (SSSR count). The van der Waals surface area contributed by atoms with Gasteiger partial charge in [-0.3, -0.25) is 14.9 Å². The van der Waals surface area contributed by atoms with Crippen LogP contribution in [0.15, 0.2) is 48.9 Å². The third kappa shape index (κ3) is 5.01. The molecule has 0 bridgehead atoms. The van der Waals surface area contributed by atoms with Crippen molar-refractivity contribution in [3.8, 4) is 5.75 Å². The van der Waals surface area contributed by atoms with Crippen LogP contribution in [0.1, 0.15) is 12.1 Å². The van der Waals surface area contributed by atoms with Crippen molar-refractivity contribution >= 4 is 0 Å². The van der Waals surface area contributed by atoms with Gasteiger partial charge in [-0.05, 0) is 25.0 Å². The molecule has 122 valence electrons. The van der Waals surface area contributed by atoms with Crippen LogP contribution in [-0.4, -0.2) is 53.8 Å². The Morgan fingerprint density at radius 2 is 2.13 bits per heavy atom. The van der Waals surface area contributed by atoms with Crippen molar-refractivity contribution in [3.63, 3.8) is 0 Å². The van der Waals surface area contributed by atoms with Crippen molar-refractivity contribution in [2.45, 2.75) is 18.9 Å². The fourth-order valence-corrected chi connectivity index (χ4v) is 2.82. The van der Waals surface area contributed by atoms with Gasteiger partial charge < -0.3 is 9.47 Å². The number of rotatable bonds is 7. The Balaban J connectivity index is 1.46. The molecule has 1 aliphatic heterocycles. The van der Waals surface area contributed by atoms with E-state index in [1.54, 1.807) is 12.4 Å². The van der Waals surface area contributed by atoms with Gasteiger partial charge in [-0.15, -0.1) is 0 Å². The molecule has 0 radical (unpaired) electrons. The Labute approximate surface area is 137 Å². The Bertz CT molecular complexity index is 565. The highest BCUT2D eigenvalue weighted by atomic mass is 16.5. The fraction of sp³-hybridized carbons (Fsp3) is 0.444. The smallest absolute Gasteiger partial charge is 0.119 e. The summed E-state index contributed by atoms with van der Waals surface area (Å²) in [5.41, 5.74) is 1.04. The Morgan fingerprint density at radius 1 is 1.22 bits per heavy atom. The number of aryl methyl sites for hydroxylation is 1. The zero-order valence-electron chi connectivity index (χ0n) is 13.3. The molecule has 1 fully saturated rings. The molecule has 1 atom stereocenters. The number of ether oxygens (including phenoxy) is 2. The third-order valence-corrected chi connectivity index (χ3v) is 4.09. The second kappa shape index (κ2) is 8.60. The summed E-state index contributed by atoms with van der Waals surface area (Å²) in [6.45, 7) is 4.16. The van der Waals surface area contributed by atoms with Crippen molar-refractivity contribution in [3.05, 3.63) is 54.6 Å². The summed E-state index contributed by atoms with van der Waals surface area (Å²) in [6, 6.07) is 10.4. The van der Waals surface area contributed by atoms with Gasteiger partial charge in [-0.2, -0.15) is 0 Å². The molecule has 1 aromatic heterocycles. The summed E-state index contributed by atoms with van der Waals surface area (Å²) < 4.78 is 11.5. The lowest BCUT2D eigenvalue weighted by atomic mass is 10.1. The van der Waals surface area contributed by atoms with Gasteiger partial charge in [0.15, 0.2) is 0 Å². The van der Waals surface area contributed by atoms with Crippen molar-refractivity contribution in [1.82, 2.24) is 14.9 Å². The highest BCUT2D eigenvalue weighted by Crippen LogP contribution is 2.14. The van der Waals surface area contributed by atoms with E-state index >= 15 is 0 Å². The summed E-state index contributed by atoms with van der Waals surface area (Å²) in [5, 5.41) is 0. The summed E-state index contributed by atoms with van der Waals surface area (Å²) >= 11 is 0. The van der Waals surface area contributed by atoms with E-state index in [-0.39, 0.29) is 0 Å². The maximum absolute atomic E-state index is 5.82. The van der Waals surface area contributed by atoms with Crippen LogP contribution >= 0.6 is 0 Å². The van der Waals surface area contributed by atoms with Crippen LogP contribution in [-0.2, 0) is 11.2 Å². The first-order chi connectivity index (χ1) is 11.4. The van der Waals surface area contributed by atoms with Gasteiger partial charge in [0.1, 0.15) is 12.4 Å². The Hall–Kier alpha value is -1.98. The largest absolute Gasteiger partial charge is 0.492 e. The van der Waals surface area contributed by atoms with Crippen LogP contribution in [0.5, 0.6) is 5.75 Å². The Kier molecular flexibility index (Phi) is 5.94. The minimum Gasteiger partial charge on any atom is -0.492 e. The molecule has 0 aliphatic carbocycles. The lowest BCUT2D eigenvalue weighted by Gasteiger charge is -2.35. The molecule has 1 aromatic carbocycles. The van der Waals surface area contributed by atoms with Crippen LogP contribution in [0.25, 0.3) is 0 Å². The monoisotopic (exact) mass is 313 g/mol. The van der Waals surface area contributed by atoms with E-state index in [0.29, 0.717) is 12.6 Å². The first-order valence-electron chi connectivity index (χ1n) is 8.16. The minimum absolute atomic E-state index is 0.421. The topological polar surface area (TPSA) is 47.5 Å². The van der Waals surface area contributed by atoms with Gasteiger partial charge in [-0.1, -0.05) is 18.2 Å². The summed E-state index contributed by atoms with van der Waals surface area (Å²) in [5.74, 6) is 0.928. The molecular formula is C18H23N3O2. The van der Waals surface area contributed by atoms with Crippen LogP contribution in [0.2, 0.25) is 0 Å².